The molecule has 5 nitrogen and oxygen atoms in total. The Hall–Kier alpha value is -2.45. The Morgan fingerprint density at radius 2 is 2.00 bits per heavy atom. The lowest BCUT2D eigenvalue weighted by Gasteiger charge is -2.47. The number of nitriles is 1. The van der Waals surface area contributed by atoms with Crippen LogP contribution in [0.4, 0.5) is 5.82 Å². The van der Waals surface area contributed by atoms with Crippen molar-refractivity contribution in [1.29, 1.82) is 5.26 Å². The van der Waals surface area contributed by atoms with Gasteiger partial charge in [0.2, 0.25) is 0 Å². The van der Waals surface area contributed by atoms with Crippen molar-refractivity contribution in [2.75, 3.05) is 24.5 Å². The van der Waals surface area contributed by atoms with Gasteiger partial charge in [0.1, 0.15) is 23.9 Å². The van der Waals surface area contributed by atoms with Crippen LogP contribution in [-0.2, 0) is 6.54 Å². The van der Waals surface area contributed by atoms with Crippen LogP contribution in [0, 0.1) is 17.2 Å². The number of piperidine rings is 2. The lowest BCUT2D eigenvalue weighted by atomic mass is 9.83. The van der Waals surface area contributed by atoms with Gasteiger partial charge in [-0.25, -0.2) is 9.97 Å². The second kappa shape index (κ2) is 7.20. The van der Waals surface area contributed by atoms with Crippen molar-refractivity contribution in [2.24, 2.45) is 5.92 Å². The van der Waals surface area contributed by atoms with Crippen molar-refractivity contribution in [2.45, 2.75) is 31.8 Å². The zero-order valence-electron chi connectivity index (χ0n) is 14.4. The predicted octanol–water partition coefficient (Wildman–Crippen LogP) is 2.84. The highest BCUT2D eigenvalue weighted by Crippen LogP contribution is 2.33. The van der Waals surface area contributed by atoms with E-state index >= 15 is 0 Å². The SMILES string of the molecule is N#Cc1cc(N2CC[C@H]3[C@H](CCCN3Cc3ccccc3)C2)ncn1. The molecule has 0 aliphatic carbocycles. The molecule has 0 radical (unpaired) electrons. The topological polar surface area (TPSA) is 56.1 Å². The molecule has 0 saturated carbocycles. The molecule has 2 atom stereocenters. The minimum atomic E-state index is 0.446. The van der Waals surface area contributed by atoms with E-state index in [1.54, 1.807) is 0 Å². The number of aromatic nitrogens is 2. The lowest BCUT2D eigenvalue weighted by Crippen LogP contribution is -2.53. The smallest absolute Gasteiger partial charge is 0.145 e. The number of nitrogens with zero attached hydrogens (tertiary/aromatic N) is 5. The number of rotatable bonds is 3. The highest BCUT2D eigenvalue weighted by atomic mass is 15.2. The van der Waals surface area contributed by atoms with E-state index in [0.29, 0.717) is 17.7 Å². The van der Waals surface area contributed by atoms with E-state index in [1.807, 2.05) is 6.07 Å². The Labute approximate surface area is 148 Å². The molecule has 1 aromatic carbocycles. The molecule has 5 heteroatoms. The minimum absolute atomic E-state index is 0.446. The number of benzene rings is 1. The molecule has 2 saturated heterocycles. The molecule has 0 unspecified atom stereocenters. The van der Waals surface area contributed by atoms with Gasteiger partial charge in [0.25, 0.3) is 0 Å². The van der Waals surface area contributed by atoms with Gasteiger partial charge in [-0.3, -0.25) is 4.90 Å². The van der Waals surface area contributed by atoms with Crippen LogP contribution in [0.2, 0.25) is 0 Å². The molecular formula is C20H23N5. The molecule has 2 fully saturated rings. The lowest BCUT2D eigenvalue weighted by molar-refractivity contribution is 0.0700. The number of fused-ring (bicyclic) bond motifs is 1. The molecule has 25 heavy (non-hydrogen) atoms. The van der Waals surface area contributed by atoms with Crippen molar-refractivity contribution < 1.29 is 0 Å². The molecule has 0 N–H and O–H groups in total. The van der Waals surface area contributed by atoms with Crippen LogP contribution in [0.3, 0.4) is 0 Å². The van der Waals surface area contributed by atoms with Crippen LogP contribution in [0.15, 0.2) is 42.7 Å². The van der Waals surface area contributed by atoms with E-state index in [4.69, 9.17) is 5.26 Å². The average Bonchev–Trinajstić information content (AvgIpc) is 2.69. The Kier molecular flexibility index (Phi) is 4.62. The summed E-state index contributed by atoms with van der Waals surface area (Å²) in [4.78, 5) is 13.4. The predicted molar refractivity (Wildman–Crippen MR) is 96.9 cm³/mol. The maximum Gasteiger partial charge on any atom is 0.145 e. The van der Waals surface area contributed by atoms with E-state index in [-0.39, 0.29) is 0 Å². The van der Waals surface area contributed by atoms with E-state index in [2.05, 4.69) is 56.2 Å². The quantitative estimate of drug-likeness (QED) is 0.864. The van der Waals surface area contributed by atoms with Gasteiger partial charge in [0.05, 0.1) is 0 Å². The van der Waals surface area contributed by atoms with Crippen LogP contribution in [0.1, 0.15) is 30.5 Å². The first-order chi connectivity index (χ1) is 12.3. The molecule has 2 aliphatic rings. The number of anilines is 1. The van der Waals surface area contributed by atoms with E-state index in [0.717, 1.165) is 31.9 Å². The van der Waals surface area contributed by atoms with Gasteiger partial charge in [-0.15, -0.1) is 0 Å². The molecule has 0 amide bonds. The molecule has 2 aliphatic heterocycles. The van der Waals surface area contributed by atoms with Crippen LogP contribution < -0.4 is 4.90 Å². The molecule has 4 rings (SSSR count). The summed E-state index contributed by atoms with van der Waals surface area (Å²) in [6.45, 7) is 4.27. The maximum atomic E-state index is 9.06. The fraction of sp³-hybridized carbons (Fsp3) is 0.450. The summed E-state index contributed by atoms with van der Waals surface area (Å²) in [6, 6.07) is 15.4. The van der Waals surface area contributed by atoms with Gasteiger partial charge >= 0.3 is 0 Å². The first kappa shape index (κ1) is 16.0. The standard InChI is InChI=1S/C20H23N5/c21-12-18-11-20(23-15-22-18)25-10-8-19-17(14-25)7-4-9-24(19)13-16-5-2-1-3-6-16/h1-3,5-6,11,15,17,19H,4,7-10,13-14H2/t17-,19+/m1/s1. The van der Waals surface area contributed by atoms with Gasteiger partial charge in [-0.05, 0) is 37.3 Å². The van der Waals surface area contributed by atoms with Crippen molar-refractivity contribution >= 4 is 5.82 Å². The van der Waals surface area contributed by atoms with Crippen LogP contribution in [0.5, 0.6) is 0 Å². The highest BCUT2D eigenvalue weighted by molar-refractivity contribution is 5.42. The Bertz CT molecular complexity index is 754. The maximum absolute atomic E-state index is 9.06. The third-order valence-corrected chi connectivity index (χ3v) is 5.50. The third-order valence-electron chi connectivity index (χ3n) is 5.50. The summed E-state index contributed by atoms with van der Waals surface area (Å²) in [6.07, 6.45) is 5.20. The highest BCUT2D eigenvalue weighted by Gasteiger charge is 2.36. The normalized spacial score (nSPS) is 23.7. The van der Waals surface area contributed by atoms with Gasteiger partial charge in [0.15, 0.2) is 0 Å². The Balaban J connectivity index is 1.46. The third kappa shape index (κ3) is 3.49. The average molecular weight is 333 g/mol. The number of likely N-dealkylation sites (tertiary alicyclic amines) is 1. The Morgan fingerprint density at radius 1 is 1.12 bits per heavy atom. The second-order valence-electron chi connectivity index (χ2n) is 7.03. The molecule has 3 heterocycles. The summed E-state index contributed by atoms with van der Waals surface area (Å²) in [5, 5.41) is 9.06. The van der Waals surface area contributed by atoms with Crippen LogP contribution in [-0.4, -0.2) is 40.5 Å². The van der Waals surface area contributed by atoms with Gasteiger partial charge in [-0.1, -0.05) is 30.3 Å². The fourth-order valence-electron chi connectivity index (χ4n) is 4.31. The van der Waals surface area contributed by atoms with Crippen molar-refractivity contribution in [1.82, 2.24) is 14.9 Å². The van der Waals surface area contributed by atoms with Crippen molar-refractivity contribution in [3.05, 3.63) is 54.0 Å². The summed E-state index contributed by atoms with van der Waals surface area (Å²) in [5.41, 5.74) is 1.85. The summed E-state index contributed by atoms with van der Waals surface area (Å²) in [5.74, 6) is 1.57. The molecule has 1 aromatic heterocycles. The molecule has 128 valence electrons. The molecule has 2 aromatic rings. The monoisotopic (exact) mass is 333 g/mol. The van der Waals surface area contributed by atoms with Gasteiger partial charge in [0, 0.05) is 31.7 Å². The first-order valence-electron chi connectivity index (χ1n) is 9.08. The first-order valence-corrected chi connectivity index (χ1v) is 9.08. The summed E-state index contributed by atoms with van der Waals surface area (Å²) in [7, 11) is 0. The zero-order valence-corrected chi connectivity index (χ0v) is 14.4. The van der Waals surface area contributed by atoms with Crippen LogP contribution in [0.25, 0.3) is 0 Å². The van der Waals surface area contributed by atoms with E-state index in [9.17, 15) is 0 Å². The minimum Gasteiger partial charge on any atom is -0.356 e. The van der Waals surface area contributed by atoms with E-state index < -0.39 is 0 Å². The summed E-state index contributed by atoms with van der Waals surface area (Å²) >= 11 is 0. The van der Waals surface area contributed by atoms with Crippen molar-refractivity contribution in [3.8, 4) is 6.07 Å². The fourth-order valence-corrected chi connectivity index (χ4v) is 4.31. The molecule has 0 bridgehead atoms. The van der Waals surface area contributed by atoms with Crippen LogP contribution >= 0.6 is 0 Å². The number of hydrogen-bond acceptors (Lipinski definition) is 5. The second-order valence-corrected chi connectivity index (χ2v) is 7.03. The zero-order chi connectivity index (χ0) is 17.1. The van der Waals surface area contributed by atoms with Gasteiger partial charge < -0.3 is 4.90 Å². The van der Waals surface area contributed by atoms with E-state index in [1.165, 1.54) is 31.3 Å². The largest absolute Gasteiger partial charge is 0.356 e. The Morgan fingerprint density at radius 3 is 2.84 bits per heavy atom. The molecular weight excluding hydrogens is 310 g/mol. The van der Waals surface area contributed by atoms with Gasteiger partial charge in [-0.2, -0.15) is 5.26 Å². The summed E-state index contributed by atoms with van der Waals surface area (Å²) < 4.78 is 0. The number of hydrogen-bond donors (Lipinski definition) is 0. The molecule has 0 spiro atoms. The van der Waals surface area contributed by atoms with Crippen molar-refractivity contribution in [3.63, 3.8) is 0 Å².